The van der Waals surface area contributed by atoms with Gasteiger partial charge in [0.15, 0.2) is 0 Å². The van der Waals surface area contributed by atoms with Crippen molar-refractivity contribution in [1.29, 1.82) is 5.26 Å². The molecule has 0 unspecified atom stereocenters. The zero-order valence-corrected chi connectivity index (χ0v) is 17.3. The van der Waals surface area contributed by atoms with Crippen molar-refractivity contribution in [2.45, 2.75) is 51.5 Å². The standard InChI is InChI=1S/C23H25N5O2/c1-3-30-20-10-21(23-18(11-24)13-26-28(23)14-20)17-6-9-22(25-12-17)16-4-7-19(8-5-16)27-15(2)29/h6,9-10,12-14,16,19H,3-5,7-8H2,1-2H3,(H,27,29). The Morgan fingerprint density at radius 1 is 1.30 bits per heavy atom. The molecule has 1 aliphatic carbocycles. The van der Waals surface area contributed by atoms with Gasteiger partial charge in [-0.15, -0.1) is 0 Å². The molecule has 0 bridgehead atoms. The van der Waals surface area contributed by atoms with Crippen LogP contribution in [0.1, 0.15) is 56.7 Å². The number of nitrogens with one attached hydrogen (secondary N) is 1. The van der Waals surface area contributed by atoms with Gasteiger partial charge in [-0.25, -0.2) is 4.52 Å². The van der Waals surface area contributed by atoms with Crippen molar-refractivity contribution in [1.82, 2.24) is 19.9 Å². The highest BCUT2D eigenvalue weighted by Gasteiger charge is 2.24. The smallest absolute Gasteiger partial charge is 0.217 e. The summed E-state index contributed by atoms with van der Waals surface area (Å²) in [6, 6.07) is 8.57. The Bertz CT molecular complexity index is 1090. The fourth-order valence-corrected chi connectivity index (χ4v) is 4.27. The molecule has 0 spiro atoms. The van der Waals surface area contributed by atoms with Gasteiger partial charge in [0.25, 0.3) is 0 Å². The largest absolute Gasteiger partial charge is 0.492 e. The van der Waals surface area contributed by atoms with Crippen molar-refractivity contribution >= 4 is 11.4 Å². The zero-order chi connectivity index (χ0) is 21.1. The SMILES string of the molecule is CCOc1cc(-c2ccc(C3CCC(NC(C)=O)CC3)nc2)c2c(C#N)cnn2c1. The van der Waals surface area contributed by atoms with Gasteiger partial charge in [0.05, 0.1) is 30.1 Å². The van der Waals surface area contributed by atoms with E-state index in [4.69, 9.17) is 9.72 Å². The first-order valence-electron chi connectivity index (χ1n) is 10.4. The van der Waals surface area contributed by atoms with E-state index in [1.54, 1.807) is 23.8 Å². The topological polar surface area (TPSA) is 92.3 Å². The predicted octanol–water partition coefficient (Wildman–Crippen LogP) is 3.83. The Kier molecular flexibility index (Phi) is 5.66. The van der Waals surface area contributed by atoms with Gasteiger partial charge in [-0.2, -0.15) is 10.4 Å². The van der Waals surface area contributed by atoms with Crippen LogP contribution in [-0.2, 0) is 4.79 Å². The summed E-state index contributed by atoms with van der Waals surface area (Å²) < 4.78 is 7.37. The molecular weight excluding hydrogens is 378 g/mol. The number of hydrogen-bond acceptors (Lipinski definition) is 5. The van der Waals surface area contributed by atoms with Gasteiger partial charge in [0, 0.05) is 41.9 Å². The normalized spacial score (nSPS) is 18.7. The molecule has 7 heteroatoms. The summed E-state index contributed by atoms with van der Waals surface area (Å²) in [5, 5.41) is 16.8. The van der Waals surface area contributed by atoms with Crippen molar-refractivity contribution < 1.29 is 9.53 Å². The van der Waals surface area contributed by atoms with Gasteiger partial charge in [0.2, 0.25) is 5.91 Å². The molecule has 1 amide bonds. The van der Waals surface area contributed by atoms with Crippen molar-refractivity contribution in [2.75, 3.05) is 6.61 Å². The fourth-order valence-electron chi connectivity index (χ4n) is 4.27. The highest BCUT2D eigenvalue weighted by Crippen LogP contribution is 2.34. The van der Waals surface area contributed by atoms with Gasteiger partial charge in [-0.3, -0.25) is 9.78 Å². The lowest BCUT2D eigenvalue weighted by Gasteiger charge is -2.28. The average Bonchev–Trinajstić information content (AvgIpc) is 3.17. The molecule has 4 rings (SSSR count). The number of nitrogens with zero attached hydrogens (tertiary/aromatic N) is 4. The van der Waals surface area contributed by atoms with Crippen molar-refractivity contribution in [3.8, 4) is 22.9 Å². The van der Waals surface area contributed by atoms with Gasteiger partial charge >= 0.3 is 0 Å². The van der Waals surface area contributed by atoms with Crippen LogP contribution in [0.2, 0.25) is 0 Å². The summed E-state index contributed by atoms with van der Waals surface area (Å²) in [5.74, 6) is 1.15. The fraction of sp³-hybridized carbons (Fsp3) is 0.391. The van der Waals surface area contributed by atoms with Crippen LogP contribution in [0.3, 0.4) is 0 Å². The van der Waals surface area contributed by atoms with Crippen LogP contribution in [0, 0.1) is 11.3 Å². The number of fused-ring (bicyclic) bond motifs is 1. The minimum atomic E-state index is 0.0399. The maximum absolute atomic E-state index is 11.3. The van der Waals surface area contributed by atoms with E-state index in [2.05, 4.69) is 28.6 Å². The second kappa shape index (κ2) is 8.54. The van der Waals surface area contributed by atoms with Crippen molar-refractivity contribution in [3.63, 3.8) is 0 Å². The van der Waals surface area contributed by atoms with Crippen molar-refractivity contribution in [3.05, 3.63) is 48.0 Å². The number of aromatic nitrogens is 3. The van der Waals surface area contributed by atoms with Gasteiger partial charge in [0.1, 0.15) is 11.8 Å². The van der Waals surface area contributed by atoms with E-state index in [-0.39, 0.29) is 11.9 Å². The third-order valence-corrected chi connectivity index (χ3v) is 5.67. The molecule has 1 N–H and O–H groups in total. The van der Waals surface area contributed by atoms with E-state index in [1.165, 1.54) is 0 Å². The molecule has 7 nitrogen and oxygen atoms in total. The third-order valence-electron chi connectivity index (χ3n) is 5.67. The monoisotopic (exact) mass is 403 g/mol. The van der Waals surface area contributed by atoms with Crippen LogP contribution < -0.4 is 10.1 Å². The van der Waals surface area contributed by atoms with Gasteiger partial charge in [-0.05, 0) is 44.7 Å². The summed E-state index contributed by atoms with van der Waals surface area (Å²) in [6.07, 6.45) is 9.22. The number of rotatable bonds is 5. The Labute approximate surface area is 175 Å². The second-order valence-electron chi connectivity index (χ2n) is 7.71. The van der Waals surface area contributed by atoms with Crippen molar-refractivity contribution in [2.24, 2.45) is 0 Å². The Balaban J connectivity index is 1.60. The molecule has 1 fully saturated rings. The Hall–Kier alpha value is -3.40. The molecule has 3 heterocycles. The van der Waals surface area contributed by atoms with E-state index in [1.807, 2.05) is 19.2 Å². The maximum Gasteiger partial charge on any atom is 0.217 e. The lowest BCUT2D eigenvalue weighted by molar-refractivity contribution is -0.119. The molecule has 1 saturated carbocycles. The first-order chi connectivity index (χ1) is 14.6. The Morgan fingerprint density at radius 2 is 2.10 bits per heavy atom. The van der Waals surface area contributed by atoms with E-state index < -0.39 is 0 Å². The summed E-state index contributed by atoms with van der Waals surface area (Å²) in [4.78, 5) is 16.0. The molecule has 30 heavy (non-hydrogen) atoms. The number of amides is 1. The van der Waals surface area contributed by atoms with Crippen LogP contribution in [0.4, 0.5) is 0 Å². The third kappa shape index (κ3) is 3.99. The number of hydrogen-bond donors (Lipinski definition) is 1. The minimum Gasteiger partial charge on any atom is -0.492 e. The van der Waals surface area contributed by atoms with Gasteiger partial charge < -0.3 is 10.1 Å². The first kappa shape index (κ1) is 19.9. The molecule has 0 radical (unpaired) electrons. The number of ether oxygens (including phenoxy) is 1. The summed E-state index contributed by atoms with van der Waals surface area (Å²) in [5.41, 5.74) is 4.16. The summed E-state index contributed by atoms with van der Waals surface area (Å²) in [6.45, 7) is 4.06. The molecular formula is C23H25N5O2. The summed E-state index contributed by atoms with van der Waals surface area (Å²) in [7, 11) is 0. The molecule has 0 atom stereocenters. The quantitative estimate of drug-likeness (QED) is 0.699. The maximum atomic E-state index is 11.3. The number of carbonyl (C=O) groups excluding carboxylic acids is 1. The number of pyridine rings is 2. The van der Waals surface area contributed by atoms with Crippen LogP contribution in [-0.4, -0.2) is 33.2 Å². The van der Waals surface area contributed by atoms with E-state index in [9.17, 15) is 10.1 Å². The number of carbonyl (C=O) groups is 1. The molecule has 0 saturated heterocycles. The van der Waals surface area contributed by atoms with E-state index in [0.717, 1.165) is 48.0 Å². The molecule has 154 valence electrons. The molecule has 1 aliphatic rings. The first-order valence-corrected chi connectivity index (χ1v) is 10.4. The summed E-state index contributed by atoms with van der Waals surface area (Å²) >= 11 is 0. The second-order valence-corrected chi connectivity index (χ2v) is 7.71. The lowest BCUT2D eigenvalue weighted by Crippen LogP contribution is -2.35. The molecule has 0 aromatic carbocycles. The predicted molar refractivity (Wildman–Crippen MR) is 113 cm³/mol. The van der Waals surface area contributed by atoms with Crippen LogP contribution in [0.25, 0.3) is 16.6 Å². The molecule has 3 aromatic rings. The van der Waals surface area contributed by atoms with Crippen LogP contribution in [0.5, 0.6) is 5.75 Å². The van der Waals surface area contributed by atoms with E-state index in [0.29, 0.717) is 23.8 Å². The highest BCUT2D eigenvalue weighted by molar-refractivity contribution is 5.85. The molecule has 3 aromatic heterocycles. The zero-order valence-electron chi connectivity index (χ0n) is 17.3. The minimum absolute atomic E-state index is 0.0399. The van der Waals surface area contributed by atoms with Crippen LogP contribution >= 0.6 is 0 Å². The average molecular weight is 403 g/mol. The van der Waals surface area contributed by atoms with Crippen LogP contribution in [0.15, 0.2) is 36.8 Å². The lowest BCUT2D eigenvalue weighted by atomic mass is 9.83. The highest BCUT2D eigenvalue weighted by atomic mass is 16.5. The molecule has 0 aliphatic heterocycles. The van der Waals surface area contributed by atoms with Gasteiger partial charge in [-0.1, -0.05) is 6.07 Å². The van der Waals surface area contributed by atoms with E-state index >= 15 is 0 Å². The number of nitriles is 1. The Morgan fingerprint density at radius 3 is 2.73 bits per heavy atom.